The van der Waals surface area contributed by atoms with Crippen molar-refractivity contribution in [2.45, 2.75) is 155 Å². The van der Waals surface area contributed by atoms with E-state index in [9.17, 15) is 15.3 Å². The number of fused-ring (bicyclic) bond motifs is 1. The van der Waals surface area contributed by atoms with Gasteiger partial charge in [-0.3, -0.25) is 0 Å². The molecule has 3 rings (SSSR count). The van der Waals surface area contributed by atoms with Crippen LogP contribution in [0.5, 0.6) is 0 Å². The largest absolute Gasteiger partial charge is 0.407 e. The highest BCUT2D eigenvalue weighted by Gasteiger charge is 2.51. The Hall–Kier alpha value is -0.763. The highest BCUT2D eigenvalue weighted by atomic mass is 28.4. The zero-order valence-electron chi connectivity index (χ0n) is 28.5. The average Bonchev–Trinajstić information content (AvgIpc) is 3.23. The summed E-state index contributed by atoms with van der Waals surface area (Å²) in [6, 6.07) is 0. The Morgan fingerprint density at radius 1 is 1.12 bits per heavy atom. The molecule has 3 N–H and O–H groups in total. The van der Waals surface area contributed by atoms with Crippen LogP contribution in [0.4, 0.5) is 0 Å². The fourth-order valence-electron chi connectivity index (χ4n) is 7.82. The third-order valence-electron chi connectivity index (χ3n) is 11.4. The van der Waals surface area contributed by atoms with Crippen molar-refractivity contribution in [1.82, 2.24) is 0 Å². The second kappa shape index (κ2) is 14.1. The number of ether oxygens (including phenoxy) is 1. The molecule has 6 heteroatoms. The van der Waals surface area contributed by atoms with Crippen molar-refractivity contribution in [1.29, 1.82) is 0 Å². The topological polar surface area (TPSA) is 79.2 Å². The Balaban J connectivity index is 1.81. The van der Waals surface area contributed by atoms with Gasteiger partial charge in [-0.15, -0.1) is 0 Å². The van der Waals surface area contributed by atoms with E-state index in [-0.39, 0.29) is 11.6 Å². The normalized spacial score (nSPS) is 33.8. The van der Waals surface area contributed by atoms with Crippen LogP contribution in [0.1, 0.15) is 113 Å². The molecule has 0 aromatic rings. The number of aliphatic hydroxyl groups is 3. The van der Waals surface area contributed by atoms with Gasteiger partial charge in [0.05, 0.1) is 17.8 Å². The van der Waals surface area contributed by atoms with Crippen LogP contribution in [0.15, 0.2) is 35.5 Å². The summed E-state index contributed by atoms with van der Waals surface area (Å²) in [7, 11) is -2.16. The van der Waals surface area contributed by atoms with Crippen molar-refractivity contribution < 1.29 is 24.5 Å². The Labute approximate surface area is 259 Å². The van der Waals surface area contributed by atoms with E-state index in [2.05, 4.69) is 66.4 Å². The van der Waals surface area contributed by atoms with Crippen LogP contribution >= 0.6 is 0 Å². The van der Waals surface area contributed by atoms with Gasteiger partial charge in [0.25, 0.3) is 0 Å². The molecule has 3 aliphatic rings. The predicted molar refractivity (Wildman–Crippen MR) is 177 cm³/mol. The van der Waals surface area contributed by atoms with Gasteiger partial charge in [0.15, 0.2) is 8.32 Å². The summed E-state index contributed by atoms with van der Waals surface area (Å²) in [5, 5.41) is 30.8. The van der Waals surface area contributed by atoms with Gasteiger partial charge in [-0.2, -0.15) is 0 Å². The minimum Gasteiger partial charge on any atom is -0.407 e. The van der Waals surface area contributed by atoms with E-state index >= 15 is 0 Å². The molecule has 0 heterocycles. The van der Waals surface area contributed by atoms with E-state index < -0.39 is 32.2 Å². The van der Waals surface area contributed by atoms with E-state index in [1.807, 2.05) is 13.8 Å². The molecular formula is C36H64O5Si. The van der Waals surface area contributed by atoms with Gasteiger partial charge in [-0.25, -0.2) is 0 Å². The maximum absolute atomic E-state index is 11.3. The van der Waals surface area contributed by atoms with Gasteiger partial charge in [-0.1, -0.05) is 71.8 Å². The molecule has 3 aliphatic carbocycles. The molecule has 0 bridgehead atoms. The lowest BCUT2D eigenvalue weighted by atomic mass is 9.60. The van der Waals surface area contributed by atoms with E-state index in [1.165, 1.54) is 32.1 Å². The summed E-state index contributed by atoms with van der Waals surface area (Å²) < 4.78 is 13.0. The molecule has 0 amide bonds. The Morgan fingerprint density at radius 3 is 2.43 bits per heavy atom. The van der Waals surface area contributed by atoms with Crippen molar-refractivity contribution in [2.24, 2.45) is 23.2 Å². The quantitative estimate of drug-likeness (QED) is 0.155. The Morgan fingerprint density at radius 2 is 1.81 bits per heavy atom. The van der Waals surface area contributed by atoms with Crippen LogP contribution in [-0.4, -0.2) is 60.8 Å². The zero-order valence-corrected chi connectivity index (χ0v) is 29.5. The van der Waals surface area contributed by atoms with Crippen LogP contribution in [0.2, 0.25) is 18.1 Å². The second-order valence-corrected chi connectivity index (χ2v) is 21.0. The predicted octanol–water partition coefficient (Wildman–Crippen LogP) is 8.11. The number of hydrogen-bond donors (Lipinski definition) is 3. The number of rotatable bonds is 12. The Bertz CT molecular complexity index is 970. The summed E-state index contributed by atoms with van der Waals surface area (Å²) in [5.74, 6) is 2.01. The highest BCUT2D eigenvalue weighted by molar-refractivity contribution is 6.74. The molecule has 0 aliphatic heterocycles. The summed E-state index contributed by atoms with van der Waals surface area (Å²) in [5.41, 5.74) is 3.32. The molecule has 42 heavy (non-hydrogen) atoms. The van der Waals surface area contributed by atoms with Gasteiger partial charge in [0, 0.05) is 19.6 Å². The smallest absolute Gasteiger partial charge is 0.193 e. The zero-order chi connectivity index (χ0) is 31.5. The minimum atomic E-state index is -2.16. The first kappa shape index (κ1) is 35.7. The molecule has 0 radical (unpaired) electrons. The van der Waals surface area contributed by atoms with Crippen molar-refractivity contribution in [3.05, 3.63) is 35.5 Å². The SMILES string of the molecule is C=C1/C(=C\C=C2/CCC[C@]3(C)[C@@H]([C@H](C)CCCC(C)(C)O)CC[C@@H]23)C[C@@H](O)[C@@H](OCCCO)[C@@H]1O[Si](C)(C)C(C)(C)C. The van der Waals surface area contributed by atoms with E-state index in [4.69, 9.17) is 9.16 Å². The first-order valence-electron chi connectivity index (χ1n) is 16.8. The van der Waals surface area contributed by atoms with E-state index in [1.54, 1.807) is 5.57 Å². The third-order valence-corrected chi connectivity index (χ3v) is 15.8. The van der Waals surface area contributed by atoms with Gasteiger partial charge in [0.1, 0.15) is 6.10 Å². The molecule has 242 valence electrons. The highest BCUT2D eigenvalue weighted by Crippen LogP contribution is 2.60. The second-order valence-electron chi connectivity index (χ2n) is 16.2. The van der Waals surface area contributed by atoms with Crippen LogP contribution in [0.25, 0.3) is 0 Å². The number of aliphatic hydroxyl groups excluding tert-OH is 2. The molecule has 7 atom stereocenters. The van der Waals surface area contributed by atoms with Crippen molar-refractivity contribution in [3.63, 3.8) is 0 Å². The molecular weight excluding hydrogens is 540 g/mol. The van der Waals surface area contributed by atoms with E-state index in [0.29, 0.717) is 36.7 Å². The van der Waals surface area contributed by atoms with Crippen LogP contribution in [0.3, 0.4) is 0 Å². The fraction of sp³-hybridized carbons (Fsp3) is 0.833. The summed E-state index contributed by atoms with van der Waals surface area (Å²) in [4.78, 5) is 0. The molecule has 0 aromatic heterocycles. The maximum Gasteiger partial charge on any atom is 0.193 e. The summed E-state index contributed by atoms with van der Waals surface area (Å²) in [6.45, 7) is 25.0. The first-order chi connectivity index (χ1) is 19.4. The monoisotopic (exact) mass is 604 g/mol. The summed E-state index contributed by atoms with van der Waals surface area (Å²) in [6.07, 6.45) is 13.5. The third kappa shape index (κ3) is 8.48. The maximum atomic E-state index is 11.3. The van der Waals surface area contributed by atoms with Gasteiger partial charge < -0.3 is 24.5 Å². The van der Waals surface area contributed by atoms with Crippen LogP contribution in [0, 0.1) is 23.2 Å². The standard InChI is InChI=1S/C36H64O5Si/c1-25(14-11-20-35(6,7)39)29-18-19-30-27(15-12-21-36(29,30)8)16-17-28-24-31(38)33(40-23-13-22-37)32(26(28)2)41-42(9,10)34(3,4)5/h16-17,25,29-33,37-39H,2,11-15,18-24H2,1,3-10H3/b27-16+,28-17-/t25-,29-,30+,31-,32-,33-,36-/m1/s1. The van der Waals surface area contributed by atoms with Crippen LogP contribution < -0.4 is 0 Å². The molecule has 0 spiro atoms. The number of hydrogen-bond acceptors (Lipinski definition) is 5. The van der Waals surface area contributed by atoms with Gasteiger partial charge >= 0.3 is 0 Å². The van der Waals surface area contributed by atoms with Gasteiger partial charge in [0.2, 0.25) is 0 Å². The molecule has 0 saturated heterocycles. The lowest BCUT2D eigenvalue weighted by Crippen LogP contribution is -2.53. The van der Waals surface area contributed by atoms with E-state index in [0.717, 1.165) is 36.3 Å². The van der Waals surface area contributed by atoms with Crippen LogP contribution in [-0.2, 0) is 9.16 Å². The molecule has 3 saturated carbocycles. The fourth-order valence-corrected chi connectivity index (χ4v) is 9.09. The van der Waals surface area contributed by atoms with Crippen molar-refractivity contribution in [3.8, 4) is 0 Å². The first-order valence-corrected chi connectivity index (χ1v) is 19.7. The molecule has 0 aromatic carbocycles. The van der Waals surface area contributed by atoms with Crippen molar-refractivity contribution in [2.75, 3.05) is 13.2 Å². The molecule has 0 unspecified atom stereocenters. The minimum absolute atomic E-state index is 0.0220. The number of allylic oxidation sites excluding steroid dienone is 3. The molecule has 5 nitrogen and oxygen atoms in total. The average molecular weight is 605 g/mol. The lowest BCUT2D eigenvalue weighted by molar-refractivity contribution is -0.0928. The van der Waals surface area contributed by atoms with Gasteiger partial charge in [-0.05, 0) is 111 Å². The Kier molecular flexibility index (Phi) is 12.0. The summed E-state index contributed by atoms with van der Waals surface area (Å²) >= 11 is 0. The molecule has 3 fully saturated rings. The van der Waals surface area contributed by atoms with Crippen molar-refractivity contribution >= 4 is 8.32 Å². The lowest BCUT2D eigenvalue weighted by Gasteiger charge is -2.45.